The molecule has 1 heterocycles. The quantitative estimate of drug-likeness (QED) is 0.834. The zero-order valence-corrected chi connectivity index (χ0v) is 10.3. The third-order valence-corrected chi connectivity index (χ3v) is 3.54. The lowest BCUT2D eigenvalue weighted by molar-refractivity contribution is 0.575. The molecule has 1 atom stereocenters. The Morgan fingerprint density at radius 2 is 2.33 bits per heavy atom. The molecule has 0 saturated heterocycles. The van der Waals surface area contributed by atoms with Gasteiger partial charge in [0.15, 0.2) is 0 Å². The maximum atomic E-state index is 8.60. The summed E-state index contributed by atoms with van der Waals surface area (Å²) < 4.78 is 0. The topological polar surface area (TPSA) is 48.7 Å². The Balaban J connectivity index is 2.71. The summed E-state index contributed by atoms with van der Waals surface area (Å²) in [5.74, 6) is 0. The highest BCUT2D eigenvalue weighted by Gasteiger charge is 2.13. The van der Waals surface area contributed by atoms with Crippen LogP contribution in [0.5, 0.6) is 0 Å². The van der Waals surface area contributed by atoms with Crippen molar-refractivity contribution in [1.29, 1.82) is 5.26 Å². The van der Waals surface area contributed by atoms with Gasteiger partial charge in [0.25, 0.3) is 0 Å². The van der Waals surface area contributed by atoms with Gasteiger partial charge in [-0.1, -0.05) is 6.92 Å². The molecule has 4 heteroatoms. The predicted molar refractivity (Wildman–Crippen MR) is 62.9 cm³/mol. The van der Waals surface area contributed by atoms with Crippen molar-refractivity contribution in [1.82, 2.24) is 10.3 Å². The van der Waals surface area contributed by atoms with Crippen molar-refractivity contribution >= 4 is 11.3 Å². The number of nitriles is 1. The summed E-state index contributed by atoms with van der Waals surface area (Å²) in [7, 11) is 0. The van der Waals surface area contributed by atoms with Crippen molar-refractivity contribution in [3.63, 3.8) is 0 Å². The van der Waals surface area contributed by atoms with E-state index in [0.29, 0.717) is 12.5 Å². The molecule has 0 aliphatic heterocycles. The van der Waals surface area contributed by atoms with Crippen LogP contribution in [0.3, 0.4) is 0 Å². The van der Waals surface area contributed by atoms with Gasteiger partial charge in [0.05, 0.1) is 18.2 Å². The molecule has 0 fully saturated rings. The normalized spacial score (nSPS) is 12.4. The summed E-state index contributed by atoms with van der Waals surface area (Å²) in [6.45, 7) is 7.33. The number of hydrogen-bond acceptors (Lipinski definition) is 4. The minimum atomic E-state index is 0.342. The molecule has 1 aromatic rings. The highest BCUT2D eigenvalue weighted by molar-refractivity contribution is 7.11. The average Bonchev–Trinajstić information content (AvgIpc) is 2.57. The van der Waals surface area contributed by atoms with E-state index in [1.165, 1.54) is 4.88 Å². The number of nitrogens with one attached hydrogen (secondary N) is 1. The molecule has 1 unspecified atom stereocenters. The van der Waals surface area contributed by atoms with Gasteiger partial charge in [-0.05, 0) is 26.8 Å². The fraction of sp³-hybridized carbons (Fsp3) is 0.636. The lowest BCUT2D eigenvalue weighted by atomic mass is 10.2. The second kappa shape index (κ2) is 5.84. The van der Waals surface area contributed by atoms with E-state index in [4.69, 9.17) is 5.26 Å². The minimum Gasteiger partial charge on any atom is -0.309 e. The lowest BCUT2D eigenvalue weighted by Crippen LogP contribution is -2.18. The Labute approximate surface area is 95.2 Å². The molecular formula is C11H17N3S. The molecule has 0 spiro atoms. The summed E-state index contributed by atoms with van der Waals surface area (Å²) in [6, 6.07) is 2.48. The van der Waals surface area contributed by atoms with E-state index in [1.54, 1.807) is 11.3 Å². The maximum Gasteiger partial charge on any atom is 0.107 e. The van der Waals surface area contributed by atoms with E-state index >= 15 is 0 Å². The first-order valence-corrected chi connectivity index (χ1v) is 6.07. The molecule has 0 radical (unpaired) electrons. The average molecular weight is 223 g/mol. The molecule has 0 aliphatic carbocycles. The van der Waals surface area contributed by atoms with Crippen LogP contribution in [0.25, 0.3) is 0 Å². The standard InChI is InChI=1S/C11H17N3S/c1-4-7-13-8(2)11-9(3)14-10(15-11)5-6-12/h8,13H,4-5,7H2,1-3H3. The maximum absolute atomic E-state index is 8.60. The van der Waals surface area contributed by atoms with Gasteiger partial charge in [0.1, 0.15) is 5.01 Å². The molecule has 0 saturated carbocycles. The highest BCUT2D eigenvalue weighted by Crippen LogP contribution is 2.25. The smallest absolute Gasteiger partial charge is 0.107 e. The van der Waals surface area contributed by atoms with E-state index in [9.17, 15) is 0 Å². The third kappa shape index (κ3) is 3.29. The van der Waals surface area contributed by atoms with Crippen molar-refractivity contribution in [2.75, 3.05) is 6.54 Å². The Morgan fingerprint density at radius 1 is 1.60 bits per heavy atom. The van der Waals surface area contributed by atoms with Crippen LogP contribution < -0.4 is 5.32 Å². The van der Waals surface area contributed by atoms with Gasteiger partial charge in [-0.15, -0.1) is 11.3 Å². The molecule has 0 amide bonds. The predicted octanol–water partition coefficient (Wildman–Crippen LogP) is 2.58. The summed E-state index contributed by atoms with van der Waals surface area (Å²) in [5, 5.41) is 13.0. The Kier molecular flexibility index (Phi) is 4.73. The first kappa shape index (κ1) is 12.2. The van der Waals surface area contributed by atoms with Crippen LogP contribution in [0.2, 0.25) is 0 Å². The van der Waals surface area contributed by atoms with Crippen LogP contribution in [0.4, 0.5) is 0 Å². The van der Waals surface area contributed by atoms with E-state index in [2.05, 4.69) is 30.2 Å². The van der Waals surface area contributed by atoms with Gasteiger partial charge in [0.2, 0.25) is 0 Å². The van der Waals surface area contributed by atoms with Crippen LogP contribution in [0.1, 0.15) is 41.9 Å². The lowest BCUT2D eigenvalue weighted by Gasteiger charge is -2.11. The van der Waals surface area contributed by atoms with Crippen molar-refractivity contribution in [3.8, 4) is 6.07 Å². The Morgan fingerprint density at radius 3 is 2.93 bits per heavy atom. The van der Waals surface area contributed by atoms with E-state index in [-0.39, 0.29) is 0 Å². The van der Waals surface area contributed by atoms with Gasteiger partial charge in [-0.2, -0.15) is 5.26 Å². The van der Waals surface area contributed by atoms with Gasteiger partial charge in [-0.3, -0.25) is 0 Å². The van der Waals surface area contributed by atoms with E-state index in [0.717, 1.165) is 23.7 Å². The molecule has 0 aliphatic rings. The summed E-state index contributed by atoms with van der Waals surface area (Å²) in [6.07, 6.45) is 1.55. The number of thiazole rings is 1. The van der Waals surface area contributed by atoms with Crippen LogP contribution in [0.15, 0.2) is 0 Å². The summed E-state index contributed by atoms with van der Waals surface area (Å²) in [4.78, 5) is 5.64. The van der Waals surface area contributed by atoms with Crippen molar-refractivity contribution < 1.29 is 0 Å². The molecule has 1 rings (SSSR count). The summed E-state index contributed by atoms with van der Waals surface area (Å²) >= 11 is 1.65. The Bertz CT molecular complexity index is 351. The molecule has 3 nitrogen and oxygen atoms in total. The van der Waals surface area contributed by atoms with Crippen molar-refractivity contribution in [2.24, 2.45) is 0 Å². The number of nitrogens with zero attached hydrogens (tertiary/aromatic N) is 2. The molecule has 1 N–H and O–H groups in total. The first-order chi connectivity index (χ1) is 7.19. The zero-order valence-electron chi connectivity index (χ0n) is 9.50. The van der Waals surface area contributed by atoms with Gasteiger partial charge in [0, 0.05) is 10.9 Å². The molecule has 0 bridgehead atoms. The van der Waals surface area contributed by atoms with E-state index < -0.39 is 0 Å². The molecule has 0 aromatic carbocycles. The second-order valence-electron chi connectivity index (χ2n) is 3.57. The van der Waals surface area contributed by atoms with Crippen molar-refractivity contribution in [3.05, 3.63) is 15.6 Å². The number of hydrogen-bond donors (Lipinski definition) is 1. The van der Waals surface area contributed by atoms with Crippen LogP contribution in [-0.2, 0) is 6.42 Å². The minimum absolute atomic E-state index is 0.342. The van der Waals surface area contributed by atoms with Crippen LogP contribution in [-0.4, -0.2) is 11.5 Å². The van der Waals surface area contributed by atoms with Gasteiger partial charge >= 0.3 is 0 Å². The monoisotopic (exact) mass is 223 g/mol. The first-order valence-electron chi connectivity index (χ1n) is 5.25. The zero-order chi connectivity index (χ0) is 11.3. The fourth-order valence-corrected chi connectivity index (χ4v) is 2.49. The van der Waals surface area contributed by atoms with Crippen LogP contribution in [0, 0.1) is 18.3 Å². The number of rotatable bonds is 5. The second-order valence-corrected chi connectivity index (χ2v) is 4.68. The fourth-order valence-electron chi connectivity index (χ4n) is 1.46. The van der Waals surface area contributed by atoms with Gasteiger partial charge < -0.3 is 5.32 Å². The number of aromatic nitrogens is 1. The highest BCUT2D eigenvalue weighted by atomic mass is 32.1. The SMILES string of the molecule is CCCNC(C)c1sc(CC#N)nc1C. The largest absolute Gasteiger partial charge is 0.309 e. The molecule has 82 valence electrons. The van der Waals surface area contributed by atoms with Crippen molar-refractivity contribution in [2.45, 2.75) is 39.7 Å². The van der Waals surface area contributed by atoms with Gasteiger partial charge in [-0.25, -0.2) is 4.98 Å². The number of aryl methyl sites for hydroxylation is 1. The summed E-state index contributed by atoms with van der Waals surface area (Å²) in [5.41, 5.74) is 1.06. The Hall–Kier alpha value is -0.920. The third-order valence-electron chi connectivity index (χ3n) is 2.20. The molecule has 1 aromatic heterocycles. The van der Waals surface area contributed by atoms with Crippen LogP contribution >= 0.6 is 11.3 Å². The molecule has 15 heavy (non-hydrogen) atoms. The van der Waals surface area contributed by atoms with E-state index in [1.807, 2.05) is 6.92 Å². The molecular weight excluding hydrogens is 206 g/mol.